The highest BCUT2D eigenvalue weighted by Crippen LogP contribution is 2.29. The van der Waals surface area contributed by atoms with Gasteiger partial charge in [-0.1, -0.05) is 32.9 Å². The standard InChI is InChI=1S/C23H34FN5O/c1-23(2,3)15-20(18-5-7-19(24)8-6-18)26-22(30)17-29-13-11-28(12-14-29)16-21-25-9-10-27(21)4/h5-10,20H,11-17H2,1-4H3,(H,26,30). The summed E-state index contributed by atoms with van der Waals surface area (Å²) in [6.45, 7) is 11.2. The second-order valence-corrected chi connectivity index (χ2v) is 9.44. The van der Waals surface area contributed by atoms with E-state index in [1.807, 2.05) is 24.0 Å². The molecule has 2 heterocycles. The zero-order valence-corrected chi connectivity index (χ0v) is 18.6. The van der Waals surface area contributed by atoms with Gasteiger partial charge in [0, 0.05) is 45.6 Å². The van der Waals surface area contributed by atoms with E-state index in [4.69, 9.17) is 0 Å². The van der Waals surface area contributed by atoms with Crippen molar-refractivity contribution in [1.82, 2.24) is 24.7 Å². The monoisotopic (exact) mass is 415 g/mol. The molecule has 0 radical (unpaired) electrons. The summed E-state index contributed by atoms with van der Waals surface area (Å²) in [6, 6.07) is 6.32. The van der Waals surface area contributed by atoms with Crippen LogP contribution in [-0.4, -0.2) is 58.0 Å². The van der Waals surface area contributed by atoms with Crippen LogP contribution >= 0.6 is 0 Å². The van der Waals surface area contributed by atoms with Gasteiger partial charge >= 0.3 is 0 Å². The van der Waals surface area contributed by atoms with E-state index in [-0.39, 0.29) is 23.2 Å². The SMILES string of the molecule is Cn1ccnc1CN1CCN(CC(=O)NC(CC(C)(C)C)c2ccc(F)cc2)CC1. The molecule has 0 saturated carbocycles. The number of piperazine rings is 1. The van der Waals surface area contributed by atoms with Crippen molar-refractivity contribution in [2.45, 2.75) is 39.8 Å². The molecule has 30 heavy (non-hydrogen) atoms. The number of nitrogens with one attached hydrogen (secondary N) is 1. The molecule has 1 aliphatic heterocycles. The number of rotatable bonds is 7. The molecule has 1 aromatic carbocycles. The van der Waals surface area contributed by atoms with E-state index in [1.165, 1.54) is 12.1 Å². The number of carbonyl (C=O) groups excluding carboxylic acids is 1. The molecule has 3 rings (SSSR count). The maximum atomic E-state index is 13.3. The molecule has 164 valence electrons. The van der Waals surface area contributed by atoms with E-state index < -0.39 is 0 Å². The number of carbonyl (C=O) groups is 1. The van der Waals surface area contributed by atoms with Crippen molar-refractivity contribution in [2.24, 2.45) is 12.5 Å². The Bertz CT molecular complexity index is 819. The zero-order chi connectivity index (χ0) is 21.7. The quantitative estimate of drug-likeness (QED) is 0.755. The molecule has 1 atom stereocenters. The number of aryl methyl sites for hydroxylation is 1. The summed E-state index contributed by atoms with van der Waals surface area (Å²) in [7, 11) is 2.01. The highest BCUT2D eigenvalue weighted by atomic mass is 19.1. The van der Waals surface area contributed by atoms with E-state index in [0.29, 0.717) is 6.54 Å². The average molecular weight is 416 g/mol. The molecule has 1 amide bonds. The van der Waals surface area contributed by atoms with Gasteiger partial charge in [0.25, 0.3) is 0 Å². The molecule has 1 N–H and O–H groups in total. The maximum Gasteiger partial charge on any atom is 0.234 e. The fraction of sp³-hybridized carbons (Fsp3) is 0.565. The van der Waals surface area contributed by atoms with Crippen LogP contribution < -0.4 is 5.32 Å². The summed E-state index contributed by atoms with van der Waals surface area (Å²) < 4.78 is 15.4. The first-order valence-electron chi connectivity index (χ1n) is 10.7. The molecule has 6 nitrogen and oxygen atoms in total. The van der Waals surface area contributed by atoms with Crippen LogP contribution in [0, 0.1) is 11.2 Å². The number of amides is 1. The van der Waals surface area contributed by atoms with Gasteiger partial charge < -0.3 is 9.88 Å². The maximum absolute atomic E-state index is 13.3. The van der Waals surface area contributed by atoms with Crippen molar-refractivity contribution in [1.29, 1.82) is 0 Å². The average Bonchev–Trinajstić information content (AvgIpc) is 3.07. The topological polar surface area (TPSA) is 53.4 Å². The lowest BCUT2D eigenvalue weighted by atomic mass is 9.85. The molecule has 0 aliphatic carbocycles. The molecular formula is C23H34FN5O. The molecule has 0 spiro atoms. The number of hydrogen-bond donors (Lipinski definition) is 1. The van der Waals surface area contributed by atoms with Crippen LogP contribution in [0.2, 0.25) is 0 Å². The highest BCUT2D eigenvalue weighted by Gasteiger charge is 2.24. The number of imidazole rings is 1. The van der Waals surface area contributed by atoms with Gasteiger partial charge in [-0.15, -0.1) is 0 Å². The first kappa shape index (κ1) is 22.4. The van der Waals surface area contributed by atoms with Crippen molar-refractivity contribution in [2.75, 3.05) is 32.7 Å². The zero-order valence-electron chi connectivity index (χ0n) is 18.6. The number of aromatic nitrogens is 2. The Kier molecular flexibility index (Phi) is 7.26. The second-order valence-electron chi connectivity index (χ2n) is 9.44. The number of benzene rings is 1. The molecule has 0 bridgehead atoms. The Morgan fingerprint density at radius 3 is 2.33 bits per heavy atom. The number of halogens is 1. The third-order valence-corrected chi connectivity index (χ3v) is 5.54. The van der Waals surface area contributed by atoms with Crippen LogP contribution in [0.3, 0.4) is 0 Å². The fourth-order valence-corrected chi connectivity index (χ4v) is 3.86. The van der Waals surface area contributed by atoms with Crippen molar-refractivity contribution >= 4 is 5.91 Å². The minimum Gasteiger partial charge on any atom is -0.348 e. The lowest BCUT2D eigenvalue weighted by Crippen LogP contribution is -2.49. The van der Waals surface area contributed by atoms with E-state index in [9.17, 15) is 9.18 Å². The van der Waals surface area contributed by atoms with Crippen molar-refractivity contribution in [3.8, 4) is 0 Å². The van der Waals surface area contributed by atoms with Gasteiger partial charge in [-0.05, 0) is 29.5 Å². The van der Waals surface area contributed by atoms with Gasteiger partial charge in [0.15, 0.2) is 0 Å². The van der Waals surface area contributed by atoms with E-state index >= 15 is 0 Å². The van der Waals surface area contributed by atoms with Crippen LogP contribution in [0.15, 0.2) is 36.7 Å². The Labute approximate surface area is 179 Å². The van der Waals surface area contributed by atoms with Gasteiger partial charge in [0.05, 0.1) is 19.1 Å². The molecule has 1 aliphatic rings. The highest BCUT2D eigenvalue weighted by molar-refractivity contribution is 5.78. The minimum atomic E-state index is -0.261. The molecular weight excluding hydrogens is 381 g/mol. The Morgan fingerprint density at radius 2 is 1.77 bits per heavy atom. The number of hydrogen-bond acceptors (Lipinski definition) is 4. The van der Waals surface area contributed by atoms with Crippen molar-refractivity contribution < 1.29 is 9.18 Å². The van der Waals surface area contributed by atoms with Gasteiger partial charge in [-0.2, -0.15) is 0 Å². The largest absolute Gasteiger partial charge is 0.348 e. The summed E-state index contributed by atoms with van der Waals surface area (Å²) in [6.07, 6.45) is 4.58. The normalized spacial score (nSPS) is 17.1. The smallest absolute Gasteiger partial charge is 0.234 e. The van der Waals surface area contributed by atoms with Crippen LogP contribution in [0.25, 0.3) is 0 Å². The Morgan fingerprint density at radius 1 is 1.13 bits per heavy atom. The van der Waals surface area contributed by atoms with Crippen LogP contribution in [-0.2, 0) is 18.4 Å². The molecule has 1 aromatic heterocycles. The Balaban J connectivity index is 1.51. The summed E-state index contributed by atoms with van der Waals surface area (Å²) in [5.74, 6) is 0.819. The summed E-state index contributed by atoms with van der Waals surface area (Å²) in [4.78, 5) is 21.7. The van der Waals surface area contributed by atoms with Crippen LogP contribution in [0.4, 0.5) is 4.39 Å². The van der Waals surface area contributed by atoms with Gasteiger partial charge in [-0.3, -0.25) is 14.6 Å². The number of nitrogens with zero attached hydrogens (tertiary/aromatic N) is 4. The summed E-state index contributed by atoms with van der Waals surface area (Å²) in [5, 5.41) is 3.18. The predicted octanol–water partition coefficient (Wildman–Crippen LogP) is 2.97. The van der Waals surface area contributed by atoms with Crippen molar-refractivity contribution in [3.63, 3.8) is 0 Å². The third-order valence-electron chi connectivity index (χ3n) is 5.54. The first-order valence-corrected chi connectivity index (χ1v) is 10.7. The fourth-order valence-electron chi connectivity index (χ4n) is 3.86. The molecule has 7 heteroatoms. The predicted molar refractivity (Wildman–Crippen MR) is 116 cm³/mol. The summed E-state index contributed by atoms with van der Waals surface area (Å²) >= 11 is 0. The van der Waals surface area contributed by atoms with E-state index in [1.54, 1.807) is 12.1 Å². The molecule has 1 saturated heterocycles. The molecule has 2 aromatic rings. The van der Waals surface area contributed by atoms with Gasteiger partial charge in [0.1, 0.15) is 11.6 Å². The lowest BCUT2D eigenvalue weighted by Gasteiger charge is -2.34. The second kappa shape index (κ2) is 9.71. The van der Waals surface area contributed by atoms with Gasteiger partial charge in [0.2, 0.25) is 5.91 Å². The summed E-state index contributed by atoms with van der Waals surface area (Å²) in [5.41, 5.74) is 0.989. The van der Waals surface area contributed by atoms with E-state index in [2.05, 4.69) is 40.9 Å². The van der Waals surface area contributed by atoms with Crippen LogP contribution in [0.1, 0.15) is 44.6 Å². The third kappa shape index (κ3) is 6.64. The van der Waals surface area contributed by atoms with E-state index in [0.717, 1.165) is 50.5 Å². The lowest BCUT2D eigenvalue weighted by molar-refractivity contribution is -0.123. The van der Waals surface area contributed by atoms with Gasteiger partial charge in [-0.25, -0.2) is 9.37 Å². The molecule has 1 fully saturated rings. The molecule has 1 unspecified atom stereocenters. The van der Waals surface area contributed by atoms with Crippen molar-refractivity contribution in [3.05, 3.63) is 53.9 Å². The van der Waals surface area contributed by atoms with Crippen LogP contribution in [0.5, 0.6) is 0 Å². The Hall–Kier alpha value is -2.25. The minimum absolute atomic E-state index is 0.0196. The first-order chi connectivity index (χ1) is 14.2.